The van der Waals surface area contributed by atoms with Gasteiger partial charge in [0.1, 0.15) is 6.10 Å². The second-order valence-corrected chi connectivity index (χ2v) is 4.84. The second-order valence-electron chi connectivity index (χ2n) is 4.84. The lowest BCUT2D eigenvalue weighted by Crippen LogP contribution is -2.31. The van der Waals surface area contributed by atoms with E-state index in [2.05, 4.69) is 4.98 Å². The quantitative estimate of drug-likeness (QED) is 0.634. The Morgan fingerprint density at radius 1 is 1.53 bits per heavy atom. The summed E-state index contributed by atoms with van der Waals surface area (Å²) in [4.78, 5) is 25.0. The first-order valence-electron chi connectivity index (χ1n) is 6.26. The van der Waals surface area contributed by atoms with Crippen LogP contribution in [0.2, 0.25) is 0 Å². The van der Waals surface area contributed by atoms with Crippen molar-refractivity contribution in [2.75, 3.05) is 6.61 Å². The molecule has 0 bridgehead atoms. The zero-order valence-electron chi connectivity index (χ0n) is 10.7. The van der Waals surface area contributed by atoms with Crippen LogP contribution in [0.25, 0.3) is 0 Å². The average molecular weight is 270 g/mol. The molecule has 3 N–H and O–H groups in total. The van der Waals surface area contributed by atoms with Crippen molar-refractivity contribution in [2.24, 2.45) is 0 Å². The SMILES string of the molecule is Cc1cn(CC[C@@H]2C[C@H](O)[C@@H](CO)O2)c(=O)[nH]c1=O. The number of ether oxygens (including phenoxy) is 1. The minimum Gasteiger partial charge on any atom is -0.394 e. The summed E-state index contributed by atoms with van der Waals surface area (Å²) in [5.41, 5.74) is -0.359. The molecule has 0 aliphatic carbocycles. The van der Waals surface area contributed by atoms with Crippen molar-refractivity contribution >= 4 is 0 Å². The molecule has 2 rings (SSSR count). The summed E-state index contributed by atoms with van der Waals surface area (Å²) in [5.74, 6) is 0. The Morgan fingerprint density at radius 3 is 2.89 bits per heavy atom. The number of hydrogen-bond acceptors (Lipinski definition) is 5. The second kappa shape index (κ2) is 5.68. The number of aryl methyl sites for hydroxylation is 2. The summed E-state index contributed by atoms with van der Waals surface area (Å²) in [6, 6.07) is 0. The summed E-state index contributed by atoms with van der Waals surface area (Å²) >= 11 is 0. The Labute approximate surface area is 109 Å². The molecule has 1 aromatic heterocycles. The number of aliphatic hydroxyl groups is 2. The monoisotopic (exact) mass is 270 g/mol. The predicted octanol–water partition coefficient (Wildman–Crippen LogP) is -1.25. The molecule has 0 aromatic carbocycles. The highest BCUT2D eigenvalue weighted by molar-refractivity contribution is 5.00. The Kier molecular flexibility index (Phi) is 4.18. The van der Waals surface area contributed by atoms with Gasteiger partial charge in [-0.25, -0.2) is 4.79 Å². The third-order valence-electron chi connectivity index (χ3n) is 3.36. The van der Waals surface area contributed by atoms with Gasteiger partial charge in [0, 0.05) is 24.7 Å². The molecule has 2 heterocycles. The Morgan fingerprint density at radius 2 is 2.26 bits per heavy atom. The minimum absolute atomic E-state index is 0.189. The van der Waals surface area contributed by atoms with Crippen LogP contribution < -0.4 is 11.2 Å². The van der Waals surface area contributed by atoms with Crippen LogP contribution in [0.3, 0.4) is 0 Å². The molecule has 0 radical (unpaired) electrons. The van der Waals surface area contributed by atoms with Gasteiger partial charge in [-0.3, -0.25) is 9.78 Å². The van der Waals surface area contributed by atoms with Crippen molar-refractivity contribution in [2.45, 2.75) is 44.6 Å². The molecule has 7 nitrogen and oxygen atoms in total. The minimum atomic E-state index is -0.663. The molecule has 7 heteroatoms. The van der Waals surface area contributed by atoms with Crippen LogP contribution in [0.1, 0.15) is 18.4 Å². The van der Waals surface area contributed by atoms with Gasteiger partial charge >= 0.3 is 5.69 Å². The van der Waals surface area contributed by atoms with Gasteiger partial charge < -0.3 is 19.5 Å². The fourth-order valence-electron chi connectivity index (χ4n) is 2.23. The third kappa shape index (κ3) is 3.12. The van der Waals surface area contributed by atoms with Gasteiger partial charge in [0.05, 0.1) is 18.8 Å². The largest absolute Gasteiger partial charge is 0.394 e. The summed E-state index contributed by atoms with van der Waals surface area (Å²) in [5, 5.41) is 18.6. The van der Waals surface area contributed by atoms with E-state index in [-0.39, 0.29) is 18.3 Å². The first kappa shape index (κ1) is 14.0. The molecule has 19 heavy (non-hydrogen) atoms. The lowest BCUT2D eigenvalue weighted by molar-refractivity contribution is -0.0246. The number of nitrogens with one attached hydrogen (secondary N) is 1. The van der Waals surface area contributed by atoms with Crippen molar-refractivity contribution in [3.05, 3.63) is 32.6 Å². The third-order valence-corrected chi connectivity index (χ3v) is 3.36. The highest BCUT2D eigenvalue weighted by atomic mass is 16.5. The normalized spacial score (nSPS) is 26.8. The van der Waals surface area contributed by atoms with Crippen LogP contribution in [0.5, 0.6) is 0 Å². The van der Waals surface area contributed by atoms with E-state index in [9.17, 15) is 14.7 Å². The van der Waals surface area contributed by atoms with E-state index in [1.54, 1.807) is 6.92 Å². The number of nitrogens with zero attached hydrogens (tertiary/aromatic N) is 1. The van der Waals surface area contributed by atoms with Gasteiger partial charge in [-0.05, 0) is 13.3 Å². The first-order valence-corrected chi connectivity index (χ1v) is 6.26. The zero-order valence-corrected chi connectivity index (χ0v) is 10.7. The number of rotatable bonds is 4. The van der Waals surface area contributed by atoms with Crippen LogP contribution >= 0.6 is 0 Å². The number of aliphatic hydroxyl groups excluding tert-OH is 2. The van der Waals surface area contributed by atoms with E-state index in [0.29, 0.717) is 24.9 Å². The van der Waals surface area contributed by atoms with Gasteiger partial charge in [-0.15, -0.1) is 0 Å². The smallest absolute Gasteiger partial charge is 0.328 e. The number of H-pyrrole nitrogens is 1. The summed E-state index contributed by atoms with van der Waals surface area (Å²) < 4.78 is 6.87. The standard InChI is InChI=1S/C12H18N2O5/c1-7-5-14(12(18)13-11(7)17)3-2-8-4-9(16)10(6-15)19-8/h5,8-10,15-16H,2-4,6H2,1H3,(H,13,17,18)/t8-,9+,10-/m1/s1. The first-order chi connectivity index (χ1) is 9.01. The molecular formula is C12H18N2O5. The van der Waals surface area contributed by atoms with E-state index in [1.807, 2.05) is 0 Å². The lowest BCUT2D eigenvalue weighted by Gasteiger charge is -2.12. The fraction of sp³-hybridized carbons (Fsp3) is 0.667. The molecule has 106 valence electrons. The molecule has 1 fully saturated rings. The van der Waals surface area contributed by atoms with E-state index in [0.717, 1.165) is 0 Å². The van der Waals surface area contributed by atoms with Crippen LogP contribution in [-0.2, 0) is 11.3 Å². The summed E-state index contributed by atoms with van der Waals surface area (Å²) in [7, 11) is 0. The van der Waals surface area contributed by atoms with Crippen molar-refractivity contribution in [1.29, 1.82) is 0 Å². The van der Waals surface area contributed by atoms with Crippen LogP contribution in [0.15, 0.2) is 15.8 Å². The zero-order chi connectivity index (χ0) is 14.0. The lowest BCUT2D eigenvalue weighted by atomic mass is 10.1. The van der Waals surface area contributed by atoms with Gasteiger partial charge in [-0.2, -0.15) is 0 Å². The molecule has 0 saturated carbocycles. The summed E-state index contributed by atoms with van der Waals surface area (Å²) in [6.45, 7) is 1.81. The molecule has 0 spiro atoms. The van der Waals surface area contributed by atoms with E-state index >= 15 is 0 Å². The number of hydrogen-bond donors (Lipinski definition) is 3. The van der Waals surface area contributed by atoms with Crippen molar-refractivity contribution in [3.8, 4) is 0 Å². The number of aromatic amines is 1. The fourth-order valence-corrected chi connectivity index (χ4v) is 2.23. The maximum absolute atomic E-state index is 11.6. The molecule has 1 aromatic rings. The van der Waals surface area contributed by atoms with Gasteiger partial charge in [0.15, 0.2) is 0 Å². The van der Waals surface area contributed by atoms with E-state index in [1.165, 1.54) is 10.8 Å². The molecule has 0 unspecified atom stereocenters. The maximum atomic E-state index is 11.6. The van der Waals surface area contributed by atoms with Crippen LogP contribution in [0.4, 0.5) is 0 Å². The van der Waals surface area contributed by atoms with E-state index < -0.39 is 17.9 Å². The predicted molar refractivity (Wildman–Crippen MR) is 67.0 cm³/mol. The van der Waals surface area contributed by atoms with Gasteiger partial charge in [0.25, 0.3) is 5.56 Å². The van der Waals surface area contributed by atoms with Gasteiger partial charge in [-0.1, -0.05) is 0 Å². The molecule has 1 aliphatic heterocycles. The Balaban J connectivity index is 1.99. The molecule has 1 saturated heterocycles. The van der Waals surface area contributed by atoms with Gasteiger partial charge in [0.2, 0.25) is 0 Å². The van der Waals surface area contributed by atoms with Crippen molar-refractivity contribution in [1.82, 2.24) is 9.55 Å². The topological polar surface area (TPSA) is 105 Å². The highest BCUT2D eigenvalue weighted by Gasteiger charge is 2.32. The Bertz CT molecular complexity index is 550. The van der Waals surface area contributed by atoms with Crippen LogP contribution in [-0.4, -0.2) is 44.7 Å². The maximum Gasteiger partial charge on any atom is 0.328 e. The molecular weight excluding hydrogens is 252 g/mol. The van der Waals surface area contributed by atoms with Crippen LogP contribution in [0, 0.1) is 6.92 Å². The van der Waals surface area contributed by atoms with E-state index in [4.69, 9.17) is 9.84 Å². The number of aromatic nitrogens is 2. The van der Waals surface area contributed by atoms with Crippen molar-refractivity contribution < 1.29 is 14.9 Å². The molecule has 0 amide bonds. The molecule has 1 aliphatic rings. The Hall–Kier alpha value is -1.44. The summed E-state index contributed by atoms with van der Waals surface area (Å²) in [6.07, 6.45) is 1.10. The molecule has 3 atom stereocenters. The van der Waals surface area contributed by atoms with Crippen molar-refractivity contribution in [3.63, 3.8) is 0 Å². The average Bonchev–Trinajstić information content (AvgIpc) is 2.73. The highest BCUT2D eigenvalue weighted by Crippen LogP contribution is 2.22.